The standard InChI is InChI=1S/C8H5ClF3O2S/c9-7(10)8(11,12)15(13,14)6-4-2-1-3-5-6/h2-5,7H. The predicted octanol–water partition coefficient (Wildman–Crippen LogP) is 2.39. The monoisotopic (exact) mass is 257 g/mol. The van der Waals surface area contributed by atoms with Gasteiger partial charge in [-0.15, -0.1) is 0 Å². The molecule has 15 heavy (non-hydrogen) atoms. The molecule has 83 valence electrons. The summed E-state index contributed by atoms with van der Waals surface area (Å²) in [5, 5.41) is -4.64. The van der Waals surface area contributed by atoms with Crippen LogP contribution in [0.25, 0.3) is 0 Å². The molecule has 1 aromatic carbocycles. The Hall–Kier alpha value is -0.750. The Morgan fingerprint density at radius 3 is 2.20 bits per heavy atom. The minimum atomic E-state index is -5.10. The highest BCUT2D eigenvalue weighted by atomic mass is 35.5. The van der Waals surface area contributed by atoms with Crippen LogP contribution in [0.1, 0.15) is 0 Å². The molecule has 0 amide bonds. The molecule has 0 aliphatic carbocycles. The lowest BCUT2D eigenvalue weighted by atomic mass is 10.4. The Bertz CT molecular complexity index is 430. The maximum absolute atomic E-state index is 12.9. The largest absolute Gasteiger partial charge is 0.393 e. The molecule has 2 nitrogen and oxygen atoms in total. The SMILES string of the molecule is O=S(=O)(c1cc[c]cc1)C(F)(F)C(F)Cl. The molecule has 0 aliphatic heterocycles. The van der Waals surface area contributed by atoms with Crippen LogP contribution in [0.5, 0.6) is 0 Å². The fourth-order valence-electron chi connectivity index (χ4n) is 0.825. The zero-order valence-corrected chi connectivity index (χ0v) is 8.70. The van der Waals surface area contributed by atoms with Gasteiger partial charge in [0.05, 0.1) is 4.90 Å². The molecule has 0 aromatic heterocycles. The van der Waals surface area contributed by atoms with Crippen molar-refractivity contribution in [1.29, 1.82) is 0 Å². The van der Waals surface area contributed by atoms with E-state index in [1.54, 1.807) is 0 Å². The molecule has 1 unspecified atom stereocenters. The van der Waals surface area contributed by atoms with Crippen LogP contribution in [-0.2, 0) is 9.84 Å². The van der Waals surface area contributed by atoms with Crippen LogP contribution in [0.15, 0.2) is 29.2 Å². The molecule has 0 saturated heterocycles. The van der Waals surface area contributed by atoms with Gasteiger partial charge in [0.1, 0.15) is 0 Å². The van der Waals surface area contributed by atoms with Crippen molar-refractivity contribution in [2.45, 2.75) is 15.8 Å². The second kappa shape index (κ2) is 4.02. The van der Waals surface area contributed by atoms with Crippen LogP contribution in [0.4, 0.5) is 13.2 Å². The summed E-state index contributed by atoms with van der Waals surface area (Å²) in [5.41, 5.74) is -3.29. The predicted molar refractivity (Wildman–Crippen MR) is 48.2 cm³/mol. The van der Waals surface area contributed by atoms with E-state index in [4.69, 9.17) is 0 Å². The quantitative estimate of drug-likeness (QED) is 0.779. The van der Waals surface area contributed by atoms with Crippen molar-refractivity contribution in [3.05, 3.63) is 30.3 Å². The van der Waals surface area contributed by atoms with Gasteiger partial charge in [0.15, 0.2) is 0 Å². The van der Waals surface area contributed by atoms with Gasteiger partial charge in [-0.25, -0.2) is 12.8 Å². The van der Waals surface area contributed by atoms with E-state index in [1.165, 1.54) is 0 Å². The lowest BCUT2D eigenvalue weighted by molar-refractivity contribution is 0.0423. The molecule has 7 heteroatoms. The number of rotatable bonds is 3. The van der Waals surface area contributed by atoms with Crippen LogP contribution in [0, 0.1) is 6.07 Å². The zero-order chi connectivity index (χ0) is 11.7. The molecular weight excluding hydrogens is 253 g/mol. The second-order valence-electron chi connectivity index (χ2n) is 2.60. The fourth-order valence-corrected chi connectivity index (χ4v) is 2.22. The first-order valence-electron chi connectivity index (χ1n) is 3.67. The molecule has 1 atom stereocenters. The van der Waals surface area contributed by atoms with Crippen molar-refractivity contribution in [2.75, 3.05) is 0 Å². The van der Waals surface area contributed by atoms with Gasteiger partial charge >= 0.3 is 5.25 Å². The van der Waals surface area contributed by atoms with Crippen molar-refractivity contribution in [3.8, 4) is 0 Å². The van der Waals surface area contributed by atoms with E-state index >= 15 is 0 Å². The summed E-state index contributed by atoms with van der Waals surface area (Å²) in [5.74, 6) is 0. The zero-order valence-electron chi connectivity index (χ0n) is 7.12. The van der Waals surface area contributed by atoms with Crippen LogP contribution < -0.4 is 0 Å². The molecule has 0 spiro atoms. The third kappa shape index (κ3) is 2.10. The first-order chi connectivity index (χ1) is 6.80. The number of halogens is 4. The molecule has 1 radical (unpaired) electrons. The highest BCUT2D eigenvalue weighted by Gasteiger charge is 2.53. The molecule has 0 aliphatic rings. The lowest BCUT2D eigenvalue weighted by Gasteiger charge is -2.16. The molecule has 0 heterocycles. The molecule has 0 fully saturated rings. The van der Waals surface area contributed by atoms with Gasteiger partial charge in [-0.3, -0.25) is 0 Å². The van der Waals surface area contributed by atoms with E-state index in [2.05, 4.69) is 17.7 Å². The molecule has 0 N–H and O–H groups in total. The van der Waals surface area contributed by atoms with Gasteiger partial charge in [0, 0.05) is 0 Å². The number of hydrogen-bond acceptors (Lipinski definition) is 2. The Balaban J connectivity index is 3.27. The van der Waals surface area contributed by atoms with Gasteiger partial charge < -0.3 is 0 Å². The number of alkyl halides is 4. The van der Waals surface area contributed by atoms with Crippen LogP contribution >= 0.6 is 11.6 Å². The molecule has 1 aromatic rings. The van der Waals surface area contributed by atoms with Crippen molar-refractivity contribution in [3.63, 3.8) is 0 Å². The van der Waals surface area contributed by atoms with E-state index in [9.17, 15) is 21.6 Å². The number of benzene rings is 1. The Labute approximate surface area is 89.6 Å². The highest BCUT2D eigenvalue weighted by molar-refractivity contribution is 7.92. The molecule has 0 saturated carbocycles. The summed E-state index contributed by atoms with van der Waals surface area (Å²) >= 11 is 4.50. The van der Waals surface area contributed by atoms with E-state index in [1.807, 2.05) is 0 Å². The van der Waals surface area contributed by atoms with E-state index in [0.717, 1.165) is 24.3 Å². The van der Waals surface area contributed by atoms with Crippen molar-refractivity contribution >= 4 is 21.4 Å². The summed E-state index contributed by atoms with van der Waals surface area (Å²) in [6.07, 6.45) is 0. The van der Waals surface area contributed by atoms with Crippen LogP contribution in [-0.4, -0.2) is 19.3 Å². The summed E-state index contributed by atoms with van der Waals surface area (Å²) in [6, 6.07) is 6.49. The first kappa shape index (κ1) is 12.3. The first-order valence-corrected chi connectivity index (χ1v) is 5.59. The second-order valence-corrected chi connectivity index (χ2v) is 5.01. The summed E-state index contributed by atoms with van der Waals surface area (Å²) in [6.45, 7) is 0. The lowest BCUT2D eigenvalue weighted by Crippen LogP contribution is -2.35. The third-order valence-corrected chi connectivity index (χ3v) is 3.83. The van der Waals surface area contributed by atoms with Crippen molar-refractivity contribution in [1.82, 2.24) is 0 Å². The van der Waals surface area contributed by atoms with E-state index < -0.39 is 25.6 Å². The normalized spacial score (nSPS) is 14.9. The van der Waals surface area contributed by atoms with Gasteiger partial charge in [0.25, 0.3) is 5.63 Å². The van der Waals surface area contributed by atoms with Crippen molar-refractivity contribution in [2.24, 2.45) is 0 Å². The Morgan fingerprint density at radius 2 is 1.80 bits per heavy atom. The Kier molecular flexibility index (Phi) is 3.30. The summed E-state index contributed by atoms with van der Waals surface area (Å²) in [7, 11) is -5.10. The molecular formula is C8H5ClF3O2S. The average molecular weight is 258 g/mol. The van der Waals surface area contributed by atoms with Gasteiger partial charge in [-0.1, -0.05) is 23.7 Å². The minimum absolute atomic E-state index is 0.699. The van der Waals surface area contributed by atoms with Gasteiger partial charge in [-0.2, -0.15) is 8.78 Å². The van der Waals surface area contributed by atoms with Gasteiger partial charge in [-0.05, 0) is 18.2 Å². The maximum atomic E-state index is 12.9. The van der Waals surface area contributed by atoms with Gasteiger partial charge in [0.2, 0.25) is 9.84 Å². The van der Waals surface area contributed by atoms with Crippen LogP contribution in [0.3, 0.4) is 0 Å². The Morgan fingerprint density at radius 1 is 1.33 bits per heavy atom. The van der Waals surface area contributed by atoms with Crippen molar-refractivity contribution < 1.29 is 21.6 Å². The number of hydrogen-bond donors (Lipinski definition) is 0. The van der Waals surface area contributed by atoms with E-state index in [0.29, 0.717) is 0 Å². The summed E-state index contributed by atoms with van der Waals surface area (Å²) in [4.78, 5) is -0.699. The molecule has 1 rings (SSSR count). The minimum Gasteiger partial charge on any atom is -0.222 e. The smallest absolute Gasteiger partial charge is 0.222 e. The fraction of sp³-hybridized carbons (Fsp3) is 0.250. The average Bonchev–Trinajstić information content (AvgIpc) is 2.18. The summed E-state index contributed by atoms with van der Waals surface area (Å²) < 4.78 is 60.5. The van der Waals surface area contributed by atoms with Crippen LogP contribution in [0.2, 0.25) is 0 Å². The third-order valence-electron chi connectivity index (χ3n) is 1.61. The maximum Gasteiger partial charge on any atom is 0.393 e. The van der Waals surface area contributed by atoms with E-state index in [-0.39, 0.29) is 0 Å². The topological polar surface area (TPSA) is 34.1 Å². The highest BCUT2D eigenvalue weighted by Crippen LogP contribution is 2.35. The molecule has 0 bridgehead atoms. The number of sulfone groups is 1.